The van der Waals surface area contributed by atoms with E-state index in [-0.39, 0.29) is 5.41 Å². The molecule has 1 heterocycles. The van der Waals surface area contributed by atoms with Crippen LogP contribution < -0.4 is 0 Å². The quantitative estimate of drug-likeness (QED) is 0.148. The van der Waals surface area contributed by atoms with Gasteiger partial charge in [0.2, 0.25) is 0 Å². The van der Waals surface area contributed by atoms with Gasteiger partial charge in [-0.1, -0.05) is 252 Å². The van der Waals surface area contributed by atoms with Gasteiger partial charge in [-0.25, -0.2) is 0 Å². The van der Waals surface area contributed by atoms with Crippen LogP contribution in [0, 0.1) is 13.8 Å². The summed E-state index contributed by atoms with van der Waals surface area (Å²) < 4.78 is 5.86. The molecular weight excluding hydrogens is 845 g/mol. The zero-order chi connectivity index (χ0) is 48.5. The molecule has 1 nitrogen and oxygen atoms in total. The van der Waals surface area contributed by atoms with Crippen molar-refractivity contribution in [2.75, 3.05) is 0 Å². The molecule has 1 heteroatoms. The number of hydrogen-bond donors (Lipinski definition) is 0. The first-order chi connectivity index (χ1) is 34.1. The topological polar surface area (TPSA) is 13.1 Å². The first kappa shape index (κ1) is 47.3. The van der Waals surface area contributed by atoms with Gasteiger partial charge < -0.3 is 4.42 Å². The van der Waals surface area contributed by atoms with Gasteiger partial charge in [0.25, 0.3) is 0 Å². The van der Waals surface area contributed by atoms with E-state index >= 15 is 0 Å². The highest BCUT2D eigenvalue weighted by molar-refractivity contribution is 6.06. The van der Waals surface area contributed by atoms with Crippen molar-refractivity contribution in [3.8, 4) is 55.6 Å². The van der Waals surface area contributed by atoms with E-state index in [1.54, 1.807) is 0 Å². The Labute approximate surface area is 416 Å². The van der Waals surface area contributed by atoms with E-state index < -0.39 is 0 Å². The molecule has 1 atom stereocenters. The number of furan rings is 1. The highest BCUT2D eigenvalue weighted by Crippen LogP contribution is 2.42. The van der Waals surface area contributed by atoms with Crippen molar-refractivity contribution in [2.24, 2.45) is 0 Å². The fraction of sp³-hybridized carbons (Fsp3) is 0.159. The Morgan fingerprint density at radius 3 is 1.76 bits per heavy atom. The number of benzene rings is 9. The maximum absolute atomic E-state index is 5.86. The summed E-state index contributed by atoms with van der Waals surface area (Å²) in [6.45, 7) is 13.4. The largest absolute Gasteiger partial charge is 0.456 e. The summed E-state index contributed by atoms with van der Waals surface area (Å²) >= 11 is 0. The van der Waals surface area contributed by atoms with Crippen molar-refractivity contribution in [1.82, 2.24) is 0 Å². The molecule has 1 aliphatic rings. The first-order valence-electron chi connectivity index (χ1n) is 25.0. The Kier molecular flexibility index (Phi) is 14.7. The normalized spacial score (nSPS) is 13.1. The first-order valence-corrected chi connectivity index (χ1v) is 25.0. The third-order valence-corrected chi connectivity index (χ3v) is 13.4. The molecule has 1 unspecified atom stereocenters. The molecule has 346 valence electrons. The molecular formula is C69H64O. The van der Waals surface area contributed by atoms with Crippen molar-refractivity contribution in [3.63, 3.8) is 0 Å². The van der Waals surface area contributed by atoms with Crippen LogP contribution in [-0.2, 0) is 11.8 Å². The van der Waals surface area contributed by atoms with E-state index in [2.05, 4.69) is 266 Å². The van der Waals surface area contributed by atoms with E-state index in [1.165, 1.54) is 107 Å². The molecule has 0 saturated carbocycles. The van der Waals surface area contributed by atoms with Gasteiger partial charge in [-0.3, -0.25) is 0 Å². The van der Waals surface area contributed by atoms with Gasteiger partial charge in [-0.05, 0) is 135 Å². The SMILES string of the molecule is CCCc1ccccc1C1C=CC=CC1.Cc1ccc(-c2ccc3oc4ccccc4c3c2)cc1.Cc1cccc(-c2ccc(C(C)(C)C)c(-c3ccc(-c4ccccc4)cc3-c3ccccc3)c2)c1. The highest BCUT2D eigenvalue weighted by atomic mass is 16.3. The Morgan fingerprint density at radius 2 is 1.03 bits per heavy atom. The Hall–Kier alpha value is -7.74. The molecule has 9 aromatic carbocycles. The van der Waals surface area contributed by atoms with E-state index in [9.17, 15) is 0 Å². The second-order valence-electron chi connectivity index (χ2n) is 19.7. The molecule has 0 aliphatic heterocycles. The summed E-state index contributed by atoms with van der Waals surface area (Å²) in [5.74, 6) is 0.595. The summed E-state index contributed by atoms with van der Waals surface area (Å²) in [7, 11) is 0. The molecule has 1 aromatic heterocycles. The molecule has 0 fully saturated rings. The van der Waals surface area contributed by atoms with Crippen molar-refractivity contribution in [2.45, 2.75) is 72.1 Å². The predicted octanol–water partition coefficient (Wildman–Crippen LogP) is 19.8. The van der Waals surface area contributed by atoms with Crippen molar-refractivity contribution >= 4 is 21.9 Å². The van der Waals surface area contributed by atoms with Crippen LogP contribution in [0.1, 0.15) is 74.3 Å². The monoisotopic (exact) mass is 908 g/mol. The van der Waals surface area contributed by atoms with Gasteiger partial charge >= 0.3 is 0 Å². The summed E-state index contributed by atoms with van der Waals surface area (Å²) in [6, 6.07) is 76.2. The van der Waals surface area contributed by atoms with Crippen LogP contribution in [0.3, 0.4) is 0 Å². The van der Waals surface area contributed by atoms with Gasteiger partial charge in [-0.2, -0.15) is 0 Å². The van der Waals surface area contributed by atoms with Gasteiger partial charge in [0.05, 0.1) is 0 Å². The molecule has 1 aliphatic carbocycles. The van der Waals surface area contributed by atoms with Crippen LogP contribution in [-0.4, -0.2) is 0 Å². The van der Waals surface area contributed by atoms with Crippen LogP contribution in [0.15, 0.2) is 241 Å². The van der Waals surface area contributed by atoms with Crippen molar-refractivity contribution in [3.05, 3.63) is 264 Å². The zero-order valence-corrected chi connectivity index (χ0v) is 41.6. The number of rotatable bonds is 8. The summed E-state index contributed by atoms with van der Waals surface area (Å²) in [4.78, 5) is 0. The summed E-state index contributed by atoms with van der Waals surface area (Å²) in [5, 5.41) is 2.36. The number of hydrogen-bond acceptors (Lipinski definition) is 1. The molecule has 0 N–H and O–H groups in total. The van der Waals surface area contributed by atoms with E-state index in [0.717, 1.165) is 17.6 Å². The Morgan fingerprint density at radius 1 is 0.443 bits per heavy atom. The maximum Gasteiger partial charge on any atom is 0.135 e. The minimum absolute atomic E-state index is 0.0204. The van der Waals surface area contributed by atoms with Crippen LogP contribution >= 0.6 is 0 Å². The fourth-order valence-corrected chi connectivity index (χ4v) is 9.73. The number of aryl methyl sites for hydroxylation is 3. The molecule has 0 spiro atoms. The average Bonchev–Trinajstić information content (AvgIpc) is 3.78. The molecule has 70 heavy (non-hydrogen) atoms. The molecule has 0 amide bonds. The maximum atomic E-state index is 5.86. The minimum atomic E-state index is 0.0204. The lowest BCUT2D eigenvalue weighted by Crippen LogP contribution is -2.13. The van der Waals surface area contributed by atoms with E-state index in [1.807, 2.05) is 12.1 Å². The average molecular weight is 909 g/mol. The smallest absolute Gasteiger partial charge is 0.135 e. The van der Waals surface area contributed by atoms with Gasteiger partial charge in [-0.15, -0.1) is 0 Å². The number of para-hydroxylation sites is 1. The third kappa shape index (κ3) is 11.1. The molecule has 10 aromatic rings. The third-order valence-electron chi connectivity index (χ3n) is 13.4. The standard InChI is InChI=1S/C35H32.C19H14O.C15H18/c1-25-12-11-17-28(22-25)30-19-21-34(35(2,3)4)33(24-30)31-20-18-29(26-13-7-5-8-14-26)23-32(31)27-15-9-6-10-16-27;1-13-6-8-14(9-7-13)15-10-11-19-17(12-15)16-4-2-3-5-18(16)20-19;1-2-8-13-11-6-7-12-15(13)14-9-4-3-5-10-14/h5-24H,1-4H3;2-12H,1H3;3-7,9,11-12,14H,2,8,10H2,1H3. The second kappa shape index (κ2) is 21.7. The van der Waals surface area contributed by atoms with E-state index in [0.29, 0.717) is 5.92 Å². The van der Waals surface area contributed by atoms with Crippen LogP contribution in [0.25, 0.3) is 77.6 Å². The lowest BCUT2D eigenvalue weighted by atomic mass is 9.79. The van der Waals surface area contributed by atoms with Crippen LogP contribution in [0.2, 0.25) is 0 Å². The van der Waals surface area contributed by atoms with Gasteiger partial charge in [0.1, 0.15) is 11.2 Å². The van der Waals surface area contributed by atoms with E-state index in [4.69, 9.17) is 4.42 Å². The van der Waals surface area contributed by atoms with Crippen molar-refractivity contribution in [1.29, 1.82) is 0 Å². The molecule has 0 bridgehead atoms. The van der Waals surface area contributed by atoms with Gasteiger partial charge in [0.15, 0.2) is 0 Å². The summed E-state index contributed by atoms with van der Waals surface area (Å²) in [5.41, 5.74) is 21.4. The van der Waals surface area contributed by atoms with Crippen LogP contribution in [0.4, 0.5) is 0 Å². The Bertz CT molecular complexity index is 3390. The van der Waals surface area contributed by atoms with Crippen molar-refractivity contribution < 1.29 is 4.42 Å². The highest BCUT2D eigenvalue weighted by Gasteiger charge is 2.22. The number of fused-ring (bicyclic) bond motifs is 3. The summed E-state index contributed by atoms with van der Waals surface area (Å²) in [6.07, 6.45) is 12.4. The Balaban J connectivity index is 0.000000145. The zero-order valence-electron chi connectivity index (χ0n) is 41.6. The molecule has 0 saturated heterocycles. The second-order valence-corrected chi connectivity index (χ2v) is 19.7. The molecule has 11 rings (SSSR count). The van der Waals surface area contributed by atoms with Gasteiger partial charge in [0, 0.05) is 16.7 Å². The molecule has 0 radical (unpaired) electrons. The lowest BCUT2D eigenvalue weighted by molar-refractivity contribution is 0.592. The fourth-order valence-electron chi connectivity index (χ4n) is 9.73. The minimum Gasteiger partial charge on any atom is -0.456 e. The van der Waals surface area contributed by atoms with Crippen LogP contribution in [0.5, 0.6) is 0 Å². The lowest BCUT2D eigenvalue weighted by Gasteiger charge is -2.25. The number of allylic oxidation sites excluding steroid dienone is 4. The predicted molar refractivity (Wildman–Crippen MR) is 302 cm³/mol.